The third kappa shape index (κ3) is 9.85. The number of carbonyl (C=O) groups excluding carboxylic acids is 3. The van der Waals surface area contributed by atoms with Gasteiger partial charge in [0.15, 0.2) is 0 Å². The van der Waals surface area contributed by atoms with Crippen molar-refractivity contribution in [3.8, 4) is 11.8 Å². The third-order valence-electron chi connectivity index (χ3n) is 4.82. The normalized spacial score (nSPS) is 13.4. The fraction of sp³-hybridized carbons (Fsp3) is 0.615. The van der Waals surface area contributed by atoms with E-state index in [1.807, 2.05) is 40.7 Å². The van der Waals surface area contributed by atoms with Gasteiger partial charge in [0.05, 0.1) is 6.07 Å². The van der Waals surface area contributed by atoms with Crippen molar-refractivity contribution in [1.82, 2.24) is 15.5 Å². The van der Waals surface area contributed by atoms with Gasteiger partial charge in [0.1, 0.15) is 30.0 Å². The number of carbonyl (C=O) groups is 3. The van der Waals surface area contributed by atoms with E-state index in [-0.39, 0.29) is 24.6 Å². The maximum absolute atomic E-state index is 13.8. The molecule has 9 heteroatoms. The standard InChI is InChI=1S/C26H40N4O5/c1-16(2)14-19(28-24(34)35-26(7,8)9)23(33)30(13-12-27)21(22(32)29-25(4,5)6)18-10-11-20(31)17(3)15-18/h10-11,15-16,19,21,31H,13-14H2,1-9H3,(H,28,34)(H,29,32). The zero-order chi connectivity index (χ0) is 27.1. The van der Waals surface area contributed by atoms with Crippen molar-refractivity contribution in [1.29, 1.82) is 5.26 Å². The molecule has 0 spiro atoms. The van der Waals surface area contributed by atoms with E-state index in [1.165, 1.54) is 6.07 Å². The molecule has 0 saturated carbocycles. The summed E-state index contributed by atoms with van der Waals surface area (Å²) in [6.07, 6.45) is -0.480. The zero-order valence-corrected chi connectivity index (χ0v) is 22.4. The second kappa shape index (κ2) is 11.9. The summed E-state index contributed by atoms with van der Waals surface area (Å²) in [5, 5.41) is 25.1. The number of nitrogens with one attached hydrogen (secondary N) is 2. The highest BCUT2D eigenvalue weighted by Crippen LogP contribution is 2.28. The molecule has 0 radical (unpaired) electrons. The van der Waals surface area contributed by atoms with Gasteiger partial charge in [-0.2, -0.15) is 5.26 Å². The number of aryl methyl sites for hydroxylation is 1. The molecule has 35 heavy (non-hydrogen) atoms. The molecule has 194 valence electrons. The van der Waals surface area contributed by atoms with Gasteiger partial charge in [-0.25, -0.2) is 4.79 Å². The number of benzene rings is 1. The highest BCUT2D eigenvalue weighted by atomic mass is 16.6. The molecule has 1 rings (SSSR count). The number of hydrogen-bond donors (Lipinski definition) is 3. The Hall–Kier alpha value is -3.28. The molecule has 2 unspecified atom stereocenters. The fourth-order valence-electron chi connectivity index (χ4n) is 3.48. The number of ether oxygens (including phenoxy) is 1. The van der Waals surface area contributed by atoms with E-state index < -0.39 is 41.1 Å². The average molecular weight is 489 g/mol. The van der Waals surface area contributed by atoms with E-state index >= 15 is 0 Å². The van der Waals surface area contributed by atoms with Crippen molar-refractivity contribution in [2.45, 2.75) is 92.0 Å². The Morgan fingerprint density at radius 3 is 2.20 bits per heavy atom. The highest BCUT2D eigenvalue weighted by molar-refractivity contribution is 5.92. The Bertz CT molecular complexity index is 954. The highest BCUT2D eigenvalue weighted by Gasteiger charge is 2.37. The van der Waals surface area contributed by atoms with E-state index in [0.717, 1.165) is 4.90 Å². The Kier molecular flexibility index (Phi) is 10.1. The fourth-order valence-corrected chi connectivity index (χ4v) is 3.48. The summed E-state index contributed by atoms with van der Waals surface area (Å²) in [6.45, 7) is 15.7. The van der Waals surface area contributed by atoms with E-state index in [2.05, 4.69) is 10.6 Å². The van der Waals surface area contributed by atoms with Crippen LogP contribution >= 0.6 is 0 Å². The van der Waals surface area contributed by atoms with Crippen LogP contribution in [0.1, 0.15) is 79.0 Å². The van der Waals surface area contributed by atoms with Crippen molar-refractivity contribution in [2.75, 3.05) is 6.54 Å². The van der Waals surface area contributed by atoms with Gasteiger partial charge in [-0.05, 0) is 84.1 Å². The summed E-state index contributed by atoms with van der Waals surface area (Å²) in [5.74, 6) is -0.982. The molecule has 9 nitrogen and oxygen atoms in total. The molecule has 0 aromatic heterocycles. The Morgan fingerprint density at radius 2 is 1.74 bits per heavy atom. The minimum absolute atomic E-state index is 0.0283. The molecule has 0 heterocycles. The number of phenols is 1. The molecule has 0 bridgehead atoms. The molecule has 0 saturated heterocycles. The minimum Gasteiger partial charge on any atom is -0.508 e. The van der Waals surface area contributed by atoms with Crippen LogP contribution < -0.4 is 10.6 Å². The first-order valence-corrected chi connectivity index (χ1v) is 11.7. The lowest BCUT2D eigenvalue weighted by atomic mass is 9.97. The van der Waals surface area contributed by atoms with Crippen LogP contribution in [0.3, 0.4) is 0 Å². The number of nitriles is 1. The minimum atomic E-state index is -1.16. The first-order chi connectivity index (χ1) is 15.9. The quantitative estimate of drug-likeness (QED) is 0.475. The van der Waals surface area contributed by atoms with Crippen LogP contribution in [0, 0.1) is 24.2 Å². The molecule has 3 amide bonds. The Morgan fingerprint density at radius 1 is 1.14 bits per heavy atom. The third-order valence-corrected chi connectivity index (χ3v) is 4.82. The van der Waals surface area contributed by atoms with Gasteiger partial charge in [0, 0.05) is 5.54 Å². The van der Waals surface area contributed by atoms with Crippen LogP contribution in [0.15, 0.2) is 18.2 Å². The molecule has 3 N–H and O–H groups in total. The maximum atomic E-state index is 13.8. The van der Waals surface area contributed by atoms with Crippen LogP contribution in [0.4, 0.5) is 4.79 Å². The topological polar surface area (TPSA) is 132 Å². The largest absolute Gasteiger partial charge is 0.508 e. The van der Waals surface area contributed by atoms with Crippen molar-refractivity contribution < 1.29 is 24.2 Å². The zero-order valence-electron chi connectivity index (χ0n) is 22.4. The molecule has 0 aliphatic rings. The van der Waals surface area contributed by atoms with Gasteiger partial charge >= 0.3 is 6.09 Å². The van der Waals surface area contributed by atoms with Gasteiger partial charge in [0.2, 0.25) is 11.8 Å². The summed E-state index contributed by atoms with van der Waals surface area (Å²) in [6, 6.07) is 4.41. The lowest BCUT2D eigenvalue weighted by molar-refractivity contribution is -0.142. The second-order valence-electron chi connectivity index (χ2n) is 11.1. The van der Waals surface area contributed by atoms with E-state index in [9.17, 15) is 24.8 Å². The lowest BCUT2D eigenvalue weighted by Crippen LogP contribution is -2.55. The molecule has 1 aromatic rings. The van der Waals surface area contributed by atoms with E-state index in [1.54, 1.807) is 39.8 Å². The van der Waals surface area contributed by atoms with E-state index in [4.69, 9.17) is 4.74 Å². The number of nitrogens with zero attached hydrogens (tertiary/aromatic N) is 2. The van der Waals surface area contributed by atoms with Crippen LogP contribution in [-0.2, 0) is 14.3 Å². The molecule has 0 fully saturated rings. The van der Waals surface area contributed by atoms with Gasteiger partial charge in [-0.15, -0.1) is 0 Å². The van der Waals surface area contributed by atoms with Crippen LogP contribution in [0.25, 0.3) is 0 Å². The SMILES string of the molecule is Cc1cc(C(C(=O)NC(C)(C)C)N(CC#N)C(=O)C(CC(C)C)NC(=O)OC(C)(C)C)ccc1O. The molecule has 0 aliphatic carbocycles. The Balaban J connectivity index is 3.52. The van der Waals surface area contributed by atoms with Gasteiger partial charge in [-0.3, -0.25) is 9.59 Å². The summed E-state index contributed by atoms with van der Waals surface area (Å²) in [7, 11) is 0. The summed E-state index contributed by atoms with van der Waals surface area (Å²) >= 11 is 0. The average Bonchev–Trinajstić information content (AvgIpc) is 2.66. The van der Waals surface area contributed by atoms with Gasteiger partial charge in [-0.1, -0.05) is 19.9 Å². The van der Waals surface area contributed by atoms with Crippen molar-refractivity contribution in [2.24, 2.45) is 5.92 Å². The van der Waals surface area contributed by atoms with Crippen LogP contribution in [-0.4, -0.2) is 51.6 Å². The summed E-state index contributed by atoms with van der Waals surface area (Å²) < 4.78 is 5.33. The number of aromatic hydroxyl groups is 1. The molecule has 1 aromatic carbocycles. The van der Waals surface area contributed by atoms with Crippen LogP contribution in [0.2, 0.25) is 0 Å². The number of alkyl carbamates (subject to hydrolysis) is 1. The first-order valence-electron chi connectivity index (χ1n) is 11.7. The molecule has 0 aliphatic heterocycles. The number of hydrogen-bond acceptors (Lipinski definition) is 6. The monoisotopic (exact) mass is 488 g/mol. The van der Waals surface area contributed by atoms with Crippen molar-refractivity contribution >= 4 is 17.9 Å². The predicted octanol–water partition coefficient (Wildman–Crippen LogP) is 3.95. The van der Waals surface area contributed by atoms with Gasteiger partial charge < -0.3 is 25.4 Å². The summed E-state index contributed by atoms with van der Waals surface area (Å²) in [5.41, 5.74) is -0.410. The molecule has 2 atom stereocenters. The van der Waals surface area contributed by atoms with Crippen molar-refractivity contribution in [3.63, 3.8) is 0 Å². The maximum Gasteiger partial charge on any atom is 0.408 e. The first kappa shape index (κ1) is 29.8. The lowest BCUT2D eigenvalue weighted by Gasteiger charge is -2.35. The van der Waals surface area contributed by atoms with Gasteiger partial charge in [0.25, 0.3) is 0 Å². The predicted molar refractivity (Wildman–Crippen MR) is 133 cm³/mol. The van der Waals surface area contributed by atoms with E-state index in [0.29, 0.717) is 11.1 Å². The van der Waals surface area contributed by atoms with Crippen molar-refractivity contribution in [3.05, 3.63) is 29.3 Å². The number of phenolic OH excluding ortho intramolecular Hbond substituents is 1. The summed E-state index contributed by atoms with van der Waals surface area (Å²) in [4.78, 5) is 40.9. The second-order valence-corrected chi connectivity index (χ2v) is 11.1. The molecular formula is C26H40N4O5. The van der Waals surface area contributed by atoms with Crippen LogP contribution in [0.5, 0.6) is 5.75 Å². The molecular weight excluding hydrogens is 448 g/mol. The number of amides is 3. The number of rotatable bonds is 8. The Labute approximate surface area is 208 Å². The smallest absolute Gasteiger partial charge is 0.408 e.